The highest BCUT2D eigenvalue weighted by molar-refractivity contribution is 5.89. The molecule has 0 fully saturated rings. The number of nitrogens with zero attached hydrogens (tertiary/aromatic N) is 2. The highest BCUT2D eigenvalue weighted by Gasteiger charge is 2.26. The normalized spacial score (nSPS) is 12.7. The Kier molecular flexibility index (Phi) is 5.54. The summed E-state index contributed by atoms with van der Waals surface area (Å²) in [5.41, 5.74) is -0.449. The van der Waals surface area contributed by atoms with Crippen molar-refractivity contribution in [1.29, 1.82) is 0 Å². The summed E-state index contributed by atoms with van der Waals surface area (Å²) in [5, 5.41) is 0. The molecule has 0 heterocycles. The second-order valence-corrected chi connectivity index (χ2v) is 6.95. The summed E-state index contributed by atoms with van der Waals surface area (Å²) in [5.74, 6) is 0.0572. The first-order valence-electron chi connectivity index (χ1n) is 6.34. The third-order valence-electron chi connectivity index (χ3n) is 3.16. The summed E-state index contributed by atoms with van der Waals surface area (Å²) in [4.78, 5) is 27.3. The van der Waals surface area contributed by atoms with Gasteiger partial charge in [-0.05, 0) is 27.8 Å². The van der Waals surface area contributed by atoms with Gasteiger partial charge in [0.25, 0.3) is 0 Å². The lowest BCUT2D eigenvalue weighted by Gasteiger charge is -2.32. The molecular formula is C14H28N2O2. The molecule has 0 unspecified atom stereocenters. The standard InChI is InChI=1S/C14H28N2O2/c1-13(2,3)11(17)9-15(7)12(18)10-16(8)14(4,5)6/h9-10H2,1-8H3. The smallest absolute Gasteiger partial charge is 0.236 e. The van der Waals surface area contributed by atoms with Crippen molar-refractivity contribution >= 4 is 11.7 Å². The van der Waals surface area contributed by atoms with Gasteiger partial charge in [-0.15, -0.1) is 0 Å². The Bertz CT molecular complexity index is 311. The van der Waals surface area contributed by atoms with Crippen LogP contribution in [0, 0.1) is 5.41 Å². The molecule has 0 N–H and O–H groups in total. The molecule has 0 aliphatic heterocycles. The zero-order valence-corrected chi connectivity index (χ0v) is 13.1. The Hall–Kier alpha value is -0.900. The highest BCUT2D eigenvalue weighted by Crippen LogP contribution is 2.15. The van der Waals surface area contributed by atoms with E-state index in [0.717, 1.165) is 0 Å². The van der Waals surface area contributed by atoms with Crippen molar-refractivity contribution in [3.63, 3.8) is 0 Å². The van der Waals surface area contributed by atoms with Gasteiger partial charge in [-0.25, -0.2) is 0 Å². The molecule has 0 aliphatic carbocycles. The van der Waals surface area contributed by atoms with E-state index in [0.29, 0.717) is 6.54 Å². The van der Waals surface area contributed by atoms with Gasteiger partial charge in [-0.2, -0.15) is 0 Å². The lowest BCUT2D eigenvalue weighted by atomic mass is 9.90. The maximum atomic E-state index is 12.0. The van der Waals surface area contributed by atoms with Crippen molar-refractivity contribution in [3.05, 3.63) is 0 Å². The van der Waals surface area contributed by atoms with Crippen LogP contribution in [-0.2, 0) is 9.59 Å². The van der Waals surface area contributed by atoms with Crippen molar-refractivity contribution in [1.82, 2.24) is 9.80 Å². The number of likely N-dealkylation sites (N-methyl/N-ethyl adjacent to an activating group) is 2. The molecule has 0 aromatic rings. The van der Waals surface area contributed by atoms with Crippen LogP contribution < -0.4 is 0 Å². The Morgan fingerprint density at radius 2 is 1.33 bits per heavy atom. The molecule has 4 nitrogen and oxygen atoms in total. The lowest BCUT2D eigenvalue weighted by Crippen LogP contribution is -2.46. The fourth-order valence-electron chi connectivity index (χ4n) is 1.10. The van der Waals surface area contributed by atoms with Gasteiger partial charge in [0.1, 0.15) is 0 Å². The number of carbonyl (C=O) groups excluding carboxylic acids is 2. The van der Waals surface area contributed by atoms with Gasteiger partial charge < -0.3 is 4.90 Å². The molecule has 0 aromatic carbocycles. The topological polar surface area (TPSA) is 40.6 Å². The van der Waals surface area contributed by atoms with Gasteiger partial charge in [0.05, 0.1) is 13.1 Å². The van der Waals surface area contributed by atoms with Gasteiger partial charge in [-0.1, -0.05) is 20.8 Å². The van der Waals surface area contributed by atoms with Crippen LogP contribution in [0.2, 0.25) is 0 Å². The molecule has 106 valence electrons. The number of rotatable bonds is 4. The molecule has 4 heteroatoms. The largest absolute Gasteiger partial charge is 0.337 e. The van der Waals surface area contributed by atoms with E-state index in [1.807, 2.05) is 32.7 Å². The van der Waals surface area contributed by atoms with Crippen LogP contribution in [0.25, 0.3) is 0 Å². The van der Waals surface area contributed by atoms with Crippen LogP contribution in [0.3, 0.4) is 0 Å². The first kappa shape index (κ1) is 17.1. The predicted octanol–water partition coefficient (Wildman–Crippen LogP) is 1.79. The van der Waals surface area contributed by atoms with Crippen molar-refractivity contribution < 1.29 is 9.59 Å². The van der Waals surface area contributed by atoms with E-state index >= 15 is 0 Å². The third-order valence-corrected chi connectivity index (χ3v) is 3.16. The van der Waals surface area contributed by atoms with E-state index in [1.54, 1.807) is 7.05 Å². The summed E-state index contributed by atoms with van der Waals surface area (Å²) >= 11 is 0. The van der Waals surface area contributed by atoms with Gasteiger partial charge in [-0.3, -0.25) is 14.5 Å². The average molecular weight is 256 g/mol. The van der Waals surface area contributed by atoms with Crippen molar-refractivity contribution in [2.45, 2.75) is 47.1 Å². The number of hydrogen-bond donors (Lipinski definition) is 0. The van der Waals surface area contributed by atoms with Gasteiger partial charge >= 0.3 is 0 Å². The molecule has 18 heavy (non-hydrogen) atoms. The summed E-state index contributed by atoms with van der Waals surface area (Å²) < 4.78 is 0. The highest BCUT2D eigenvalue weighted by atomic mass is 16.2. The average Bonchev–Trinajstić information content (AvgIpc) is 2.14. The minimum absolute atomic E-state index is 0.0231. The van der Waals surface area contributed by atoms with Crippen molar-refractivity contribution in [3.8, 4) is 0 Å². The second kappa shape index (κ2) is 5.83. The maximum Gasteiger partial charge on any atom is 0.236 e. The molecular weight excluding hydrogens is 228 g/mol. The summed E-state index contributed by atoms with van der Waals surface area (Å²) in [6.45, 7) is 12.3. The lowest BCUT2D eigenvalue weighted by molar-refractivity contribution is -0.137. The molecule has 0 saturated heterocycles. The number of hydrogen-bond acceptors (Lipinski definition) is 3. The SMILES string of the molecule is CN(CC(=O)C(C)(C)C)C(=O)CN(C)C(C)(C)C. The van der Waals surface area contributed by atoms with E-state index in [1.165, 1.54) is 4.90 Å². The summed E-state index contributed by atoms with van der Waals surface area (Å²) in [6, 6.07) is 0. The van der Waals surface area contributed by atoms with Gasteiger partial charge in [0.15, 0.2) is 5.78 Å². The fourth-order valence-corrected chi connectivity index (χ4v) is 1.10. The molecule has 0 bridgehead atoms. The molecule has 0 atom stereocenters. The van der Waals surface area contributed by atoms with Gasteiger partial charge in [0.2, 0.25) is 5.91 Å². The van der Waals surface area contributed by atoms with E-state index in [4.69, 9.17) is 0 Å². The zero-order chi connectivity index (χ0) is 14.7. The molecule has 0 aliphatic rings. The minimum Gasteiger partial charge on any atom is -0.337 e. The van der Waals surface area contributed by atoms with E-state index in [-0.39, 0.29) is 23.8 Å². The van der Waals surface area contributed by atoms with E-state index in [9.17, 15) is 9.59 Å². The number of amides is 1. The molecule has 0 rings (SSSR count). The Labute approximate surface area is 111 Å². The van der Waals surface area contributed by atoms with Crippen LogP contribution in [0.4, 0.5) is 0 Å². The third kappa shape index (κ3) is 5.63. The first-order valence-corrected chi connectivity index (χ1v) is 6.34. The zero-order valence-electron chi connectivity index (χ0n) is 13.1. The molecule has 0 spiro atoms. The minimum atomic E-state index is -0.398. The first-order chi connectivity index (χ1) is 7.85. The van der Waals surface area contributed by atoms with Crippen LogP contribution >= 0.6 is 0 Å². The van der Waals surface area contributed by atoms with Crippen LogP contribution in [-0.4, -0.2) is 54.2 Å². The van der Waals surface area contributed by atoms with Crippen molar-refractivity contribution in [2.75, 3.05) is 27.2 Å². The van der Waals surface area contributed by atoms with Gasteiger partial charge in [0, 0.05) is 18.0 Å². The van der Waals surface area contributed by atoms with E-state index < -0.39 is 5.41 Å². The molecule has 1 amide bonds. The summed E-state index contributed by atoms with van der Waals surface area (Å²) in [6.07, 6.45) is 0. The number of ketones is 1. The Morgan fingerprint density at radius 3 is 1.67 bits per heavy atom. The molecule has 0 aromatic heterocycles. The Balaban J connectivity index is 4.42. The maximum absolute atomic E-state index is 12.0. The van der Waals surface area contributed by atoms with Crippen LogP contribution in [0.1, 0.15) is 41.5 Å². The van der Waals surface area contributed by atoms with E-state index in [2.05, 4.69) is 20.8 Å². The predicted molar refractivity (Wildman–Crippen MR) is 74.5 cm³/mol. The van der Waals surface area contributed by atoms with Crippen LogP contribution in [0.15, 0.2) is 0 Å². The number of carbonyl (C=O) groups is 2. The second-order valence-electron chi connectivity index (χ2n) is 6.95. The molecule has 0 saturated carbocycles. The number of Topliss-reactive ketones (excluding diaryl/α,β-unsaturated/α-hetero) is 1. The Morgan fingerprint density at radius 1 is 0.889 bits per heavy atom. The molecule has 0 radical (unpaired) electrons. The van der Waals surface area contributed by atoms with Crippen molar-refractivity contribution in [2.24, 2.45) is 5.41 Å². The quantitative estimate of drug-likeness (QED) is 0.770. The monoisotopic (exact) mass is 256 g/mol. The van der Waals surface area contributed by atoms with Crippen LogP contribution in [0.5, 0.6) is 0 Å². The summed E-state index contributed by atoms with van der Waals surface area (Å²) in [7, 11) is 3.60. The fraction of sp³-hybridized carbons (Fsp3) is 0.857.